The summed E-state index contributed by atoms with van der Waals surface area (Å²) in [5.74, 6) is 0.411. The Balaban J connectivity index is 1.79. The van der Waals surface area contributed by atoms with Crippen LogP contribution in [0.2, 0.25) is 0 Å². The Morgan fingerprint density at radius 3 is 2.21 bits per heavy atom. The molecule has 0 bridgehead atoms. The summed E-state index contributed by atoms with van der Waals surface area (Å²) >= 11 is 0. The number of benzene rings is 2. The van der Waals surface area contributed by atoms with Crippen LogP contribution in [-0.4, -0.2) is 36.4 Å². The summed E-state index contributed by atoms with van der Waals surface area (Å²) in [6, 6.07) is 16.7. The van der Waals surface area contributed by atoms with Crippen LogP contribution in [0.4, 0.5) is 0 Å². The minimum absolute atomic E-state index is 0.00969. The van der Waals surface area contributed by atoms with Crippen molar-refractivity contribution in [2.24, 2.45) is 0 Å². The second-order valence-corrected chi connectivity index (χ2v) is 6.19. The summed E-state index contributed by atoms with van der Waals surface area (Å²) in [6.07, 6.45) is 0.286. The maximum Gasteiger partial charge on any atom is 0.260 e. The Morgan fingerprint density at radius 2 is 1.61 bits per heavy atom. The molecular formula is C22H27N3O3. The molecule has 6 heteroatoms. The maximum absolute atomic E-state index is 12.0. The second kappa shape index (κ2) is 10.8. The van der Waals surface area contributed by atoms with Crippen LogP contribution in [-0.2, 0) is 16.0 Å². The lowest BCUT2D eigenvalue weighted by Gasteiger charge is -2.18. The summed E-state index contributed by atoms with van der Waals surface area (Å²) < 4.78 is 5.54. The molecule has 0 saturated heterocycles. The van der Waals surface area contributed by atoms with E-state index in [1.165, 1.54) is 0 Å². The van der Waals surface area contributed by atoms with Gasteiger partial charge in [0.15, 0.2) is 6.61 Å². The summed E-state index contributed by atoms with van der Waals surface area (Å²) in [5.41, 5.74) is 7.77. The molecule has 0 radical (unpaired) electrons. The quantitative estimate of drug-likeness (QED) is 0.621. The fraction of sp³-hybridized carbons (Fsp3) is 0.273. The zero-order chi connectivity index (χ0) is 20.4. The lowest BCUT2D eigenvalue weighted by Crippen LogP contribution is -2.36. The Bertz CT molecular complexity index is 784. The molecule has 0 aromatic heterocycles. The first kappa shape index (κ1) is 21.0. The molecule has 2 amide bonds. The van der Waals surface area contributed by atoms with Gasteiger partial charge in [0.1, 0.15) is 5.75 Å². The molecule has 0 fully saturated rings. The number of hydrogen-bond acceptors (Lipinski definition) is 4. The van der Waals surface area contributed by atoms with Gasteiger partial charge in [0.05, 0.1) is 12.1 Å². The number of ether oxygens (including phenoxy) is 1. The summed E-state index contributed by atoms with van der Waals surface area (Å²) in [6.45, 7) is 9.14. The van der Waals surface area contributed by atoms with E-state index in [4.69, 9.17) is 4.74 Å². The highest BCUT2D eigenvalue weighted by Gasteiger charge is 2.10. The standard InChI is InChI=1S/C22H27N3O3/c1-4-25(5-2)22(27)16-28-20-13-11-19(12-14-20)17(3)23-24-21(26)15-18-9-7-6-8-10-18/h6-14,23H,3-5,15-16H2,1-2H3,(H,24,26). The SMILES string of the molecule is C=C(NNC(=O)Cc1ccccc1)c1ccc(OCC(=O)N(CC)CC)cc1. The average Bonchev–Trinajstić information content (AvgIpc) is 2.72. The van der Waals surface area contributed by atoms with Gasteiger partial charge in [0, 0.05) is 13.1 Å². The van der Waals surface area contributed by atoms with E-state index in [9.17, 15) is 9.59 Å². The summed E-state index contributed by atoms with van der Waals surface area (Å²) in [7, 11) is 0. The van der Waals surface area contributed by atoms with Crippen LogP contribution >= 0.6 is 0 Å². The van der Waals surface area contributed by atoms with E-state index < -0.39 is 0 Å². The number of carbonyl (C=O) groups is 2. The first-order chi connectivity index (χ1) is 13.5. The molecule has 0 unspecified atom stereocenters. The van der Waals surface area contributed by atoms with Crippen LogP contribution < -0.4 is 15.6 Å². The number of hydrogen-bond donors (Lipinski definition) is 2. The molecule has 2 aromatic carbocycles. The lowest BCUT2D eigenvalue weighted by molar-refractivity contribution is -0.133. The van der Waals surface area contributed by atoms with E-state index in [1.54, 1.807) is 17.0 Å². The zero-order valence-corrected chi connectivity index (χ0v) is 16.4. The highest BCUT2D eigenvalue weighted by atomic mass is 16.5. The van der Waals surface area contributed by atoms with Gasteiger partial charge in [-0.05, 0) is 49.2 Å². The zero-order valence-electron chi connectivity index (χ0n) is 16.4. The molecule has 2 N–H and O–H groups in total. The molecule has 0 saturated carbocycles. The van der Waals surface area contributed by atoms with Gasteiger partial charge in [-0.15, -0.1) is 0 Å². The van der Waals surface area contributed by atoms with Crippen molar-refractivity contribution in [2.45, 2.75) is 20.3 Å². The molecule has 6 nitrogen and oxygen atoms in total. The monoisotopic (exact) mass is 381 g/mol. The van der Waals surface area contributed by atoms with Gasteiger partial charge in [-0.2, -0.15) is 0 Å². The van der Waals surface area contributed by atoms with Gasteiger partial charge in [-0.3, -0.25) is 20.4 Å². The van der Waals surface area contributed by atoms with Gasteiger partial charge >= 0.3 is 0 Å². The first-order valence-corrected chi connectivity index (χ1v) is 9.32. The number of amides is 2. The molecule has 2 aromatic rings. The Kier molecular flexibility index (Phi) is 8.09. The molecule has 28 heavy (non-hydrogen) atoms. The van der Waals surface area contributed by atoms with Gasteiger partial charge in [0.2, 0.25) is 5.91 Å². The fourth-order valence-corrected chi connectivity index (χ4v) is 2.61. The summed E-state index contributed by atoms with van der Waals surface area (Å²) in [4.78, 5) is 25.7. The van der Waals surface area contributed by atoms with Crippen molar-refractivity contribution in [3.63, 3.8) is 0 Å². The van der Waals surface area contributed by atoms with E-state index in [1.807, 2.05) is 56.3 Å². The van der Waals surface area contributed by atoms with Gasteiger partial charge in [0.25, 0.3) is 5.91 Å². The Labute approximate surface area is 166 Å². The predicted molar refractivity (Wildman–Crippen MR) is 110 cm³/mol. The number of hydrazine groups is 1. The average molecular weight is 381 g/mol. The van der Waals surface area contributed by atoms with E-state index in [0.29, 0.717) is 24.5 Å². The van der Waals surface area contributed by atoms with Gasteiger partial charge in [-0.1, -0.05) is 36.9 Å². The molecule has 0 spiro atoms. The van der Waals surface area contributed by atoms with Crippen LogP contribution in [0.3, 0.4) is 0 Å². The molecule has 0 heterocycles. The maximum atomic E-state index is 12.0. The lowest BCUT2D eigenvalue weighted by atomic mass is 10.1. The van der Waals surface area contributed by atoms with Crippen molar-refractivity contribution in [1.82, 2.24) is 15.8 Å². The van der Waals surface area contributed by atoms with Crippen molar-refractivity contribution in [1.29, 1.82) is 0 Å². The minimum atomic E-state index is -0.151. The van der Waals surface area contributed by atoms with Crippen molar-refractivity contribution >= 4 is 17.5 Å². The number of carbonyl (C=O) groups excluding carboxylic acids is 2. The molecule has 0 aliphatic rings. The van der Waals surface area contributed by atoms with Crippen LogP contribution in [0.15, 0.2) is 61.2 Å². The molecule has 0 aliphatic heterocycles. The Morgan fingerprint density at radius 1 is 0.964 bits per heavy atom. The van der Waals surface area contributed by atoms with E-state index in [0.717, 1.165) is 11.1 Å². The highest BCUT2D eigenvalue weighted by molar-refractivity contribution is 5.79. The molecule has 0 atom stereocenters. The highest BCUT2D eigenvalue weighted by Crippen LogP contribution is 2.16. The first-order valence-electron chi connectivity index (χ1n) is 9.32. The molecular weight excluding hydrogens is 354 g/mol. The fourth-order valence-electron chi connectivity index (χ4n) is 2.61. The van der Waals surface area contributed by atoms with E-state index in [-0.39, 0.29) is 24.8 Å². The van der Waals surface area contributed by atoms with E-state index in [2.05, 4.69) is 17.4 Å². The predicted octanol–water partition coefficient (Wildman–Crippen LogP) is 2.77. The van der Waals surface area contributed by atoms with E-state index >= 15 is 0 Å². The van der Waals surface area contributed by atoms with Crippen LogP contribution in [0.1, 0.15) is 25.0 Å². The third-order valence-corrected chi connectivity index (χ3v) is 4.24. The third kappa shape index (κ3) is 6.46. The van der Waals surface area contributed by atoms with Crippen molar-refractivity contribution in [2.75, 3.05) is 19.7 Å². The second-order valence-electron chi connectivity index (χ2n) is 6.19. The molecule has 0 aliphatic carbocycles. The normalized spacial score (nSPS) is 10.1. The largest absolute Gasteiger partial charge is 0.484 e. The third-order valence-electron chi connectivity index (χ3n) is 4.24. The van der Waals surface area contributed by atoms with Crippen LogP contribution in [0, 0.1) is 0 Å². The minimum Gasteiger partial charge on any atom is -0.484 e. The number of nitrogens with one attached hydrogen (secondary N) is 2. The van der Waals surface area contributed by atoms with Crippen molar-refractivity contribution < 1.29 is 14.3 Å². The smallest absolute Gasteiger partial charge is 0.260 e. The number of nitrogens with zero attached hydrogens (tertiary/aromatic N) is 1. The van der Waals surface area contributed by atoms with Gasteiger partial charge < -0.3 is 9.64 Å². The molecule has 2 rings (SSSR count). The Hall–Kier alpha value is -3.28. The van der Waals surface area contributed by atoms with Gasteiger partial charge in [-0.25, -0.2) is 0 Å². The topological polar surface area (TPSA) is 70.7 Å². The van der Waals surface area contributed by atoms with Crippen LogP contribution in [0.25, 0.3) is 5.70 Å². The van der Waals surface area contributed by atoms with Crippen molar-refractivity contribution in [3.8, 4) is 5.75 Å². The number of likely N-dealkylation sites (N-methyl/N-ethyl adjacent to an activating group) is 1. The van der Waals surface area contributed by atoms with Crippen molar-refractivity contribution in [3.05, 3.63) is 72.3 Å². The summed E-state index contributed by atoms with van der Waals surface area (Å²) in [5, 5.41) is 0. The van der Waals surface area contributed by atoms with Crippen LogP contribution in [0.5, 0.6) is 5.75 Å². The number of rotatable bonds is 10. The molecule has 148 valence electrons.